The Morgan fingerprint density at radius 1 is 0.755 bits per heavy atom. The zero-order valence-electron chi connectivity index (χ0n) is 29.9. The molecule has 2 nitrogen and oxygen atoms in total. The molecule has 6 heteroatoms. The van der Waals surface area contributed by atoms with Crippen LogP contribution in [0.3, 0.4) is 0 Å². The van der Waals surface area contributed by atoms with E-state index in [-0.39, 0.29) is 10.8 Å². The molecule has 0 amide bonds. The van der Waals surface area contributed by atoms with Crippen molar-refractivity contribution in [1.82, 2.24) is 0 Å². The molecule has 6 rings (SSSR count). The molecule has 0 fully saturated rings. The fourth-order valence-corrected chi connectivity index (χ4v) is 9.25. The van der Waals surface area contributed by atoms with Gasteiger partial charge in [-0.15, -0.1) is 37.9 Å². The Balaban J connectivity index is 1.42. The van der Waals surface area contributed by atoms with Crippen LogP contribution >= 0.6 is 49.6 Å². The van der Waals surface area contributed by atoms with Crippen LogP contribution in [-0.2, 0) is 10.8 Å². The second kappa shape index (κ2) is 15.0. The molecule has 2 heterocycles. The van der Waals surface area contributed by atoms with Crippen molar-refractivity contribution in [2.45, 2.75) is 110 Å². The number of hydrogen-bond acceptors (Lipinski definition) is 5. The van der Waals surface area contributed by atoms with Crippen LogP contribution in [0.15, 0.2) is 126 Å². The molecule has 3 aromatic carbocycles. The Morgan fingerprint density at radius 2 is 1.43 bits per heavy atom. The molecule has 0 atom stereocenters. The molecular weight excluding hydrogens is 673 g/mol. The number of nitrogens with zero attached hydrogens (tertiary/aromatic N) is 2. The molecule has 0 aromatic heterocycles. The fraction of sp³-hybridized carbons (Fsp3) is 0.372. The summed E-state index contributed by atoms with van der Waals surface area (Å²) in [5.41, 5.74) is 10.7. The number of fused-ring (bicyclic) bond motifs is 2. The van der Waals surface area contributed by atoms with E-state index in [2.05, 4.69) is 149 Å². The number of thioether (sulfide) groups is 1. The van der Waals surface area contributed by atoms with Crippen LogP contribution in [0, 0.1) is 0 Å². The molecule has 0 saturated heterocycles. The number of benzene rings is 3. The minimum atomic E-state index is -0.103. The lowest BCUT2D eigenvalue weighted by Gasteiger charge is -2.27. The summed E-state index contributed by atoms with van der Waals surface area (Å²) in [5.74, 6) is 0. The molecule has 2 aliphatic heterocycles. The van der Waals surface area contributed by atoms with E-state index in [4.69, 9.17) is 25.3 Å². The van der Waals surface area contributed by atoms with E-state index in [1.54, 1.807) is 0 Å². The molecule has 0 spiro atoms. The Kier molecular flexibility index (Phi) is 11.1. The van der Waals surface area contributed by atoms with Gasteiger partial charge in [-0.05, 0) is 110 Å². The number of allylic oxidation sites excluding steroid dienone is 7. The lowest BCUT2D eigenvalue weighted by molar-refractivity contribution is -0.438. The zero-order valence-corrected chi connectivity index (χ0v) is 33.4. The van der Waals surface area contributed by atoms with Crippen molar-refractivity contribution in [3.05, 3.63) is 118 Å². The van der Waals surface area contributed by atoms with Crippen molar-refractivity contribution >= 4 is 66.7 Å². The van der Waals surface area contributed by atoms with Crippen LogP contribution in [-0.4, -0.2) is 23.4 Å². The van der Waals surface area contributed by atoms with E-state index < -0.39 is 0 Å². The lowest BCUT2D eigenvalue weighted by Crippen LogP contribution is -2.28. The highest BCUT2D eigenvalue weighted by Crippen LogP contribution is 2.50. The molecular formula is C43H51N2S4+. The van der Waals surface area contributed by atoms with Crippen molar-refractivity contribution < 1.29 is 4.58 Å². The van der Waals surface area contributed by atoms with E-state index in [0.717, 1.165) is 53.5 Å². The summed E-state index contributed by atoms with van der Waals surface area (Å²) in [6.07, 6.45) is 16.4. The third-order valence-electron chi connectivity index (χ3n) is 10.4. The summed E-state index contributed by atoms with van der Waals surface area (Å²) in [6, 6.07) is 21.9. The monoisotopic (exact) mass is 723 g/mol. The largest absolute Gasteiger partial charge is 0.344 e. The van der Waals surface area contributed by atoms with E-state index >= 15 is 0 Å². The van der Waals surface area contributed by atoms with Gasteiger partial charge < -0.3 is 4.90 Å². The Labute approximate surface area is 315 Å². The molecule has 0 bridgehead atoms. The van der Waals surface area contributed by atoms with Crippen molar-refractivity contribution in [2.75, 3.05) is 18.0 Å². The maximum absolute atomic E-state index is 4.72. The summed E-state index contributed by atoms with van der Waals surface area (Å²) in [7, 11) is 0. The maximum atomic E-state index is 4.72. The van der Waals surface area contributed by atoms with E-state index in [1.165, 1.54) is 67.7 Å². The molecule has 1 aliphatic carbocycles. The van der Waals surface area contributed by atoms with Gasteiger partial charge in [-0.2, -0.15) is 4.58 Å². The van der Waals surface area contributed by atoms with Gasteiger partial charge in [0.25, 0.3) is 0 Å². The smallest absolute Gasteiger partial charge is 0.209 e. The summed E-state index contributed by atoms with van der Waals surface area (Å²) in [6.45, 7) is 16.0. The molecule has 0 radical (unpaired) electrons. The Bertz CT molecular complexity index is 1890. The Morgan fingerprint density at radius 3 is 2.14 bits per heavy atom. The average molecular weight is 724 g/mol. The third kappa shape index (κ3) is 7.31. The van der Waals surface area contributed by atoms with Crippen molar-refractivity contribution in [2.24, 2.45) is 0 Å². The van der Waals surface area contributed by atoms with Gasteiger partial charge in [0.05, 0.1) is 5.41 Å². The molecule has 49 heavy (non-hydrogen) atoms. The van der Waals surface area contributed by atoms with Crippen LogP contribution in [0.25, 0.3) is 0 Å². The number of rotatable bonds is 11. The van der Waals surface area contributed by atoms with Gasteiger partial charge in [0.2, 0.25) is 5.69 Å². The molecule has 0 saturated carbocycles. The van der Waals surface area contributed by atoms with Gasteiger partial charge in [0, 0.05) is 72.0 Å². The summed E-state index contributed by atoms with van der Waals surface area (Å²) >= 11 is 15.9. The topological polar surface area (TPSA) is 6.25 Å². The number of hydrogen-bond donors (Lipinski definition) is 3. The zero-order chi connectivity index (χ0) is 34.9. The van der Waals surface area contributed by atoms with Gasteiger partial charge >= 0.3 is 0 Å². The highest BCUT2D eigenvalue weighted by Gasteiger charge is 2.44. The molecule has 3 aliphatic rings. The first-order valence-corrected chi connectivity index (χ1v) is 20.0. The fourth-order valence-electron chi connectivity index (χ4n) is 7.58. The van der Waals surface area contributed by atoms with Gasteiger partial charge in [-0.1, -0.05) is 64.5 Å². The maximum Gasteiger partial charge on any atom is 0.209 e. The van der Waals surface area contributed by atoms with Gasteiger partial charge in [0.15, 0.2) is 5.71 Å². The minimum absolute atomic E-state index is 0.103. The van der Waals surface area contributed by atoms with Crippen molar-refractivity contribution in [1.29, 1.82) is 0 Å². The summed E-state index contributed by atoms with van der Waals surface area (Å²) < 4.78 is 2.55. The van der Waals surface area contributed by atoms with Gasteiger partial charge in [0.1, 0.15) is 6.54 Å². The number of anilines is 1. The molecule has 3 aromatic rings. The van der Waals surface area contributed by atoms with Gasteiger partial charge in [-0.3, -0.25) is 0 Å². The van der Waals surface area contributed by atoms with Crippen LogP contribution < -0.4 is 4.90 Å². The number of unbranched alkanes of at least 4 members (excludes halogenated alkanes) is 2. The second-order valence-electron chi connectivity index (χ2n) is 14.6. The van der Waals surface area contributed by atoms with Crippen LogP contribution in [0.2, 0.25) is 0 Å². The van der Waals surface area contributed by atoms with Gasteiger partial charge in [-0.25, -0.2) is 0 Å². The highest BCUT2D eigenvalue weighted by molar-refractivity contribution is 8.03. The first-order valence-electron chi connectivity index (χ1n) is 17.8. The Hall–Kier alpha value is -2.51. The quantitative estimate of drug-likeness (QED) is 0.134. The molecule has 256 valence electrons. The van der Waals surface area contributed by atoms with Crippen molar-refractivity contribution in [3.63, 3.8) is 0 Å². The van der Waals surface area contributed by atoms with Crippen LogP contribution in [0.4, 0.5) is 11.4 Å². The summed E-state index contributed by atoms with van der Waals surface area (Å²) in [4.78, 5) is 8.20. The molecule has 0 N–H and O–H groups in total. The third-order valence-corrected chi connectivity index (χ3v) is 12.5. The predicted molar refractivity (Wildman–Crippen MR) is 222 cm³/mol. The SMILES string of the molecule is CCCCN1/C(=C/C=C2CCC(C=CC3=[N+](CCCC)c4ccc(S)cc4C3(C)C)=C2Sc2ccc(S)cc2)C(C)(C)c2cc(S)ccc21. The minimum Gasteiger partial charge on any atom is -0.344 e. The lowest BCUT2D eigenvalue weighted by atomic mass is 9.81. The normalized spacial score (nSPS) is 19.7. The van der Waals surface area contributed by atoms with E-state index in [0.29, 0.717) is 0 Å². The summed E-state index contributed by atoms with van der Waals surface area (Å²) in [5, 5.41) is 0. The van der Waals surface area contributed by atoms with Crippen LogP contribution in [0.1, 0.15) is 91.2 Å². The van der Waals surface area contributed by atoms with Crippen LogP contribution in [0.5, 0.6) is 0 Å². The highest BCUT2D eigenvalue weighted by atomic mass is 32.2. The predicted octanol–water partition coefficient (Wildman–Crippen LogP) is 12.5. The average Bonchev–Trinajstić information content (AvgIpc) is 3.62. The van der Waals surface area contributed by atoms with Crippen molar-refractivity contribution in [3.8, 4) is 0 Å². The first kappa shape index (κ1) is 36.3. The van der Waals surface area contributed by atoms with E-state index in [1.807, 2.05) is 11.8 Å². The van der Waals surface area contributed by atoms with E-state index in [9.17, 15) is 0 Å². The number of thiol groups is 3. The second-order valence-corrected chi connectivity index (χ2v) is 17.2. The standard InChI is InChI=1S/C43H50N2S4/c1-7-9-25-44-37-21-17-32(47)27-35(37)42(3,4)39(44)23-13-29-11-12-30(41(29)49-34-19-15-31(46)16-20-34)14-24-40-43(5,6)36-28-33(48)18-22-38(36)45(40)26-10-8-2/h13-24,27-28H,7-12,25-26H2,1-6H3,(H2-,46,47,48)/p+1. The first-order chi connectivity index (χ1) is 23.4. The molecule has 0 unspecified atom stereocenters.